The van der Waals surface area contributed by atoms with Crippen LogP contribution in [0.2, 0.25) is 0 Å². The highest BCUT2D eigenvalue weighted by Gasteiger charge is 2.21. The number of carboxylic acid groups (broad SMARTS) is 1. The number of hydrogen-bond donors (Lipinski definition) is 1. The highest BCUT2D eigenvalue weighted by atomic mass is 16.6. The Morgan fingerprint density at radius 3 is 1.67 bits per heavy atom. The number of carbonyl (C=O) groups excluding carboxylic acids is 1. The Balaban J connectivity index is 3.75. The van der Waals surface area contributed by atoms with Crippen LogP contribution in [0.25, 0.3) is 0 Å². The molecule has 0 aromatic carbocycles. The summed E-state index contributed by atoms with van der Waals surface area (Å²) in [6.45, 7) is 4.37. The van der Waals surface area contributed by atoms with Crippen molar-refractivity contribution in [3.63, 3.8) is 0 Å². The zero-order chi connectivity index (χ0) is 26.5. The van der Waals surface area contributed by atoms with Crippen LogP contribution in [0.4, 0.5) is 0 Å². The van der Waals surface area contributed by atoms with E-state index in [1.807, 2.05) is 0 Å². The van der Waals surface area contributed by atoms with Gasteiger partial charge in [-0.25, -0.2) is 4.79 Å². The molecule has 0 saturated heterocycles. The summed E-state index contributed by atoms with van der Waals surface area (Å²) in [5, 5.41) is 9.37. The molecule has 0 rings (SSSR count). The molecule has 0 bridgehead atoms. The summed E-state index contributed by atoms with van der Waals surface area (Å²) in [5.41, 5.74) is 0. The van der Waals surface area contributed by atoms with E-state index in [1.165, 1.54) is 44.9 Å². The van der Waals surface area contributed by atoms with Gasteiger partial charge in [-0.05, 0) is 57.8 Å². The summed E-state index contributed by atoms with van der Waals surface area (Å²) in [6, 6.07) is 0. The molecule has 0 amide bonds. The minimum atomic E-state index is -1.03. The maximum absolute atomic E-state index is 12.1. The number of carbonyl (C=O) groups is 2. The average Bonchev–Trinajstić information content (AvgIpc) is 2.86. The van der Waals surface area contributed by atoms with E-state index in [0.717, 1.165) is 64.2 Å². The van der Waals surface area contributed by atoms with Gasteiger partial charge in [-0.2, -0.15) is 0 Å². The van der Waals surface area contributed by atoms with E-state index < -0.39 is 12.1 Å². The van der Waals surface area contributed by atoms with Crippen LogP contribution in [0.5, 0.6) is 0 Å². The van der Waals surface area contributed by atoms with Gasteiger partial charge in [0.05, 0.1) is 0 Å². The third kappa shape index (κ3) is 25.0. The minimum Gasteiger partial charge on any atom is -0.479 e. The summed E-state index contributed by atoms with van der Waals surface area (Å²) in [7, 11) is 0. The Labute approximate surface area is 222 Å². The van der Waals surface area contributed by atoms with E-state index in [1.54, 1.807) is 0 Å². The topological polar surface area (TPSA) is 63.6 Å². The van der Waals surface area contributed by atoms with Crippen LogP contribution < -0.4 is 0 Å². The Morgan fingerprint density at radius 1 is 0.639 bits per heavy atom. The first-order valence-corrected chi connectivity index (χ1v) is 14.6. The van der Waals surface area contributed by atoms with Gasteiger partial charge in [-0.3, -0.25) is 4.79 Å². The first-order valence-electron chi connectivity index (χ1n) is 14.6. The third-order valence-corrected chi connectivity index (χ3v) is 6.09. The predicted octanol–water partition coefficient (Wildman–Crippen LogP) is 9.66. The molecule has 0 aliphatic heterocycles. The van der Waals surface area contributed by atoms with Gasteiger partial charge in [0.1, 0.15) is 0 Å². The van der Waals surface area contributed by atoms with Crippen molar-refractivity contribution in [1.82, 2.24) is 0 Å². The van der Waals surface area contributed by atoms with Crippen LogP contribution in [-0.2, 0) is 14.3 Å². The van der Waals surface area contributed by atoms with Gasteiger partial charge in [0.2, 0.25) is 0 Å². The molecule has 0 saturated carbocycles. The van der Waals surface area contributed by atoms with E-state index in [4.69, 9.17) is 4.74 Å². The zero-order valence-electron chi connectivity index (χ0n) is 23.3. The lowest BCUT2D eigenvalue weighted by Gasteiger charge is -2.13. The molecule has 1 N–H and O–H groups in total. The smallest absolute Gasteiger partial charge is 0.345 e. The monoisotopic (exact) mass is 502 g/mol. The summed E-state index contributed by atoms with van der Waals surface area (Å²) < 4.78 is 5.24. The van der Waals surface area contributed by atoms with Crippen LogP contribution in [0.15, 0.2) is 48.6 Å². The highest BCUT2D eigenvalue weighted by molar-refractivity contribution is 5.77. The fourth-order valence-electron chi connectivity index (χ4n) is 3.90. The fourth-order valence-corrected chi connectivity index (χ4v) is 3.90. The number of unbranched alkanes of at least 4 members (excludes halogenated alkanes) is 11. The van der Waals surface area contributed by atoms with Crippen molar-refractivity contribution < 1.29 is 19.4 Å². The molecule has 0 aliphatic rings. The molecule has 36 heavy (non-hydrogen) atoms. The Hall–Kier alpha value is -2.10. The number of carboxylic acids is 1. The molecule has 0 aromatic rings. The Bertz CT molecular complexity index is 630. The Morgan fingerprint density at radius 2 is 1.14 bits per heavy atom. The number of allylic oxidation sites excluding steroid dienone is 8. The molecule has 1 atom stereocenters. The Kier molecular flexibility index (Phi) is 25.9. The van der Waals surface area contributed by atoms with Gasteiger partial charge in [0.25, 0.3) is 0 Å². The lowest BCUT2D eigenvalue weighted by Crippen LogP contribution is -2.27. The van der Waals surface area contributed by atoms with Crippen LogP contribution in [0.3, 0.4) is 0 Å². The van der Waals surface area contributed by atoms with E-state index in [9.17, 15) is 14.7 Å². The molecule has 4 heteroatoms. The highest BCUT2D eigenvalue weighted by Crippen LogP contribution is 2.14. The lowest BCUT2D eigenvalue weighted by atomic mass is 10.0. The number of ether oxygens (including phenoxy) is 1. The lowest BCUT2D eigenvalue weighted by molar-refractivity contribution is -0.164. The largest absolute Gasteiger partial charge is 0.479 e. The molecule has 206 valence electrons. The molecule has 0 aliphatic carbocycles. The van der Waals surface area contributed by atoms with Crippen molar-refractivity contribution in [3.8, 4) is 0 Å². The molecular formula is C32H54O4. The molecule has 0 aromatic heterocycles. The molecular weight excluding hydrogens is 448 g/mol. The van der Waals surface area contributed by atoms with Gasteiger partial charge < -0.3 is 9.84 Å². The summed E-state index contributed by atoms with van der Waals surface area (Å²) in [4.78, 5) is 23.5. The standard InChI is InChI=1S/C32H54O4/c1-3-5-7-9-11-13-15-16-17-18-19-21-23-25-27-29-31(33)36-30(32(34)35)28-26-24-22-20-14-12-10-8-6-4-2/h5,7,11,13,16-17,19,21,30H,3-4,6,8-10,12,14-15,18,20,22-29H2,1-2H3,(H,34,35)/b7-5-,13-11-,17-16-,21-19-. The summed E-state index contributed by atoms with van der Waals surface area (Å²) in [6.07, 6.45) is 35.6. The SMILES string of the molecule is CC/C=C\C/C=C\C/C=C\C/C=C\CCCCC(=O)OC(CCCCCCCCCCCC)C(=O)O. The van der Waals surface area contributed by atoms with E-state index >= 15 is 0 Å². The maximum atomic E-state index is 12.1. The quantitative estimate of drug-likeness (QED) is 0.0766. The van der Waals surface area contributed by atoms with Gasteiger partial charge in [-0.1, -0.05) is 120 Å². The number of esters is 1. The van der Waals surface area contributed by atoms with Crippen molar-refractivity contribution in [1.29, 1.82) is 0 Å². The van der Waals surface area contributed by atoms with E-state index in [-0.39, 0.29) is 12.4 Å². The van der Waals surface area contributed by atoms with Gasteiger partial charge >= 0.3 is 11.9 Å². The van der Waals surface area contributed by atoms with E-state index in [2.05, 4.69) is 62.5 Å². The number of aliphatic carboxylic acids is 1. The molecule has 0 radical (unpaired) electrons. The van der Waals surface area contributed by atoms with Crippen molar-refractivity contribution in [3.05, 3.63) is 48.6 Å². The summed E-state index contributed by atoms with van der Waals surface area (Å²) >= 11 is 0. The van der Waals surface area contributed by atoms with Crippen molar-refractivity contribution in [2.24, 2.45) is 0 Å². The summed E-state index contributed by atoms with van der Waals surface area (Å²) in [5.74, 6) is -1.42. The van der Waals surface area contributed by atoms with Crippen LogP contribution in [0.1, 0.15) is 136 Å². The second-order valence-corrected chi connectivity index (χ2v) is 9.53. The second-order valence-electron chi connectivity index (χ2n) is 9.53. The fraction of sp³-hybridized carbons (Fsp3) is 0.688. The minimum absolute atomic E-state index is 0.287. The molecule has 1 unspecified atom stereocenters. The van der Waals surface area contributed by atoms with Gasteiger partial charge in [0, 0.05) is 6.42 Å². The maximum Gasteiger partial charge on any atom is 0.345 e. The van der Waals surface area contributed by atoms with Crippen molar-refractivity contribution in [2.45, 2.75) is 142 Å². The molecule has 0 fully saturated rings. The average molecular weight is 503 g/mol. The van der Waals surface area contributed by atoms with E-state index in [0.29, 0.717) is 6.42 Å². The first kappa shape index (κ1) is 33.9. The third-order valence-electron chi connectivity index (χ3n) is 6.09. The number of hydrogen-bond acceptors (Lipinski definition) is 3. The normalized spacial score (nSPS) is 12.9. The molecule has 0 heterocycles. The zero-order valence-corrected chi connectivity index (χ0v) is 23.3. The van der Waals surface area contributed by atoms with Crippen molar-refractivity contribution in [2.75, 3.05) is 0 Å². The van der Waals surface area contributed by atoms with Crippen LogP contribution in [0, 0.1) is 0 Å². The van der Waals surface area contributed by atoms with Crippen LogP contribution >= 0.6 is 0 Å². The van der Waals surface area contributed by atoms with Crippen molar-refractivity contribution >= 4 is 11.9 Å². The van der Waals surface area contributed by atoms with Crippen LogP contribution in [-0.4, -0.2) is 23.1 Å². The number of rotatable bonds is 25. The first-order chi connectivity index (χ1) is 17.6. The molecule has 4 nitrogen and oxygen atoms in total. The second kappa shape index (κ2) is 27.5. The van der Waals surface area contributed by atoms with Gasteiger partial charge in [0.15, 0.2) is 6.10 Å². The van der Waals surface area contributed by atoms with Gasteiger partial charge in [-0.15, -0.1) is 0 Å². The predicted molar refractivity (Wildman–Crippen MR) is 153 cm³/mol. The molecule has 0 spiro atoms.